The van der Waals surface area contributed by atoms with Crippen LogP contribution in [0.1, 0.15) is 34.6 Å². The molecule has 0 atom stereocenters. The van der Waals surface area contributed by atoms with Crippen LogP contribution in [-0.2, 0) is 19.2 Å². The summed E-state index contributed by atoms with van der Waals surface area (Å²) >= 11 is 0. The maximum Gasteiger partial charge on any atom is 0.353 e. The predicted octanol–water partition coefficient (Wildman–Crippen LogP) is 1.19. The monoisotopic (exact) mass is 231 g/mol. The molecule has 0 aromatic rings. The number of carbonyl (C=O) groups is 2. The van der Waals surface area contributed by atoms with E-state index in [-0.39, 0.29) is 0 Å². The number of rotatable bonds is 4. The summed E-state index contributed by atoms with van der Waals surface area (Å²) in [7, 11) is 0. The Balaban J connectivity index is 4.43. The summed E-state index contributed by atoms with van der Waals surface area (Å²) in [6.07, 6.45) is 0.562. The zero-order valence-electron chi connectivity index (χ0n) is 10.1. The zero-order valence-corrected chi connectivity index (χ0v) is 10.1. The highest BCUT2D eigenvalue weighted by Crippen LogP contribution is 2.17. The number of nitrogens with zero attached hydrogens (tertiary/aromatic N) is 1. The lowest BCUT2D eigenvalue weighted by molar-refractivity contribution is -0.179. The molecule has 0 aliphatic rings. The maximum atomic E-state index is 11.6. The maximum absolute atomic E-state index is 11.6. The van der Waals surface area contributed by atoms with E-state index < -0.39 is 23.1 Å². The van der Waals surface area contributed by atoms with Gasteiger partial charge in [-0.3, -0.25) is 0 Å². The summed E-state index contributed by atoms with van der Waals surface area (Å²) in [5.41, 5.74) is -1.95. The fourth-order valence-electron chi connectivity index (χ4n) is 0.641. The molecule has 0 bridgehead atoms. The molecule has 0 spiro atoms. The molecule has 6 nitrogen and oxygen atoms in total. The van der Waals surface area contributed by atoms with E-state index in [4.69, 9.17) is 14.7 Å². The molecule has 0 heterocycles. The molecule has 0 unspecified atom stereocenters. The van der Waals surface area contributed by atoms with Crippen molar-refractivity contribution >= 4 is 18.2 Å². The Morgan fingerprint density at radius 3 is 2.06 bits per heavy atom. The molecular weight excluding hydrogens is 214 g/mol. The first-order chi connectivity index (χ1) is 7.04. The molecular formula is C10H17NO5. The van der Waals surface area contributed by atoms with Crippen molar-refractivity contribution in [1.29, 1.82) is 0 Å². The van der Waals surface area contributed by atoms with Crippen LogP contribution >= 0.6 is 0 Å². The van der Waals surface area contributed by atoms with Crippen molar-refractivity contribution in [3.05, 3.63) is 0 Å². The molecule has 0 amide bonds. The average molecular weight is 231 g/mol. The van der Waals surface area contributed by atoms with E-state index in [1.54, 1.807) is 20.8 Å². The quantitative estimate of drug-likeness (QED) is 0.446. The highest BCUT2D eigenvalue weighted by Gasteiger charge is 2.35. The van der Waals surface area contributed by atoms with Crippen LogP contribution in [0, 0.1) is 0 Å². The summed E-state index contributed by atoms with van der Waals surface area (Å²) in [5, 5.41) is 11.5. The molecule has 0 saturated carbocycles. The Kier molecular flexibility index (Phi) is 4.47. The highest BCUT2D eigenvalue weighted by molar-refractivity contribution is 6.21. The van der Waals surface area contributed by atoms with Gasteiger partial charge in [0.1, 0.15) is 5.60 Å². The lowest BCUT2D eigenvalue weighted by atomic mass is 10.1. The third-order valence-corrected chi connectivity index (χ3v) is 1.33. The number of oxime groups is 1. The zero-order chi connectivity index (χ0) is 13.0. The summed E-state index contributed by atoms with van der Waals surface area (Å²) in [6.45, 7) is 8.06. The minimum atomic E-state index is -1.32. The van der Waals surface area contributed by atoms with Gasteiger partial charge in [-0.05, 0) is 34.6 Å². The Hall–Kier alpha value is -1.59. The minimum Gasteiger partial charge on any atom is -0.477 e. The van der Waals surface area contributed by atoms with Crippen LogP contribution in [-0.4, -0.2) is 34.5 Å². The molecule has 0 fully saturated rings. The van der Waals surface area contributed by atoms with E-state index >= 15 is 0 Å². The summed E-state index contributed by atoms with van der Waals surface area (Å²) in [5.74, 6) is -1.86. The molecule has 0 aliphatic heterocycles. The minimum absolute atomic E-state index is 0.562. The topological polar surface area (TPSA) is 85.2 Å². The predicted molar refractivity (Wildman–Crippen MR) is 57.1 cm³/mol. The van der Waals surface area contributed by atoms with E-state index in [0.29, 0.717) is 6.21 Å². The molecule has 0 aromatic carbocycles. The third kappa shape index (κ3) is 6.00. The molecule has 0 aromatic heterocycles. The molecule has 0 aliphatic carbocycles. The summed E-state index contributed by atoms with van der Waals surface area (Å²) in [6, 6.07) is 0. The number of carbonyl (C=O) groups excluding carboxylic acids is 1. The molecule has 6 heteroatoms. The van der Waals surface area contributed by atoms with E-state index in [9.17, 15) is 9.59 Å². The van der Waals surface area contributed by atoms with Gasteiger partial charge in [0.25, 0.3) is 0 Å². The number of ether oxygens (including phenoxy) is 1. The molecule has 0 saturated heterocycles. The lowest BCUT2D eigenvalue weighted by Crippen LogP contribution is -2.39. The van der Waals surface area contributed by atoms with Crippen LogP contribution in [0.5, 0.6) is 0 Å². The molecule has 16 heavy (non-hydrogen) atoms. The Bertz CT molecular complexity index is 301. The molecule has 1 N–H and O–H groups in total. The van der Waals surface area contributed by atoms with Crippen LogP contribution < -0.4 is 0 Å². The van der Waals surface area contributed by atoms with E-state index in [0.717, 1.165) is 0 Å². The van der Waals surface area contributed by atoms with Gasteiger partial charge >= 0.3 is 11.9 Å². The van der Waals surface area contributed by atoms with Gasteiger partial charge in [0.15, 0.2) is 6.21 Å². The van der Waals surface area contributed by atoms with E-state index in [1.807, 2.05) is 0 Å². The van der Waals surface area contributed by atoms with Gasteiger partial charge in [-0.1, -0.05) is 5.16 Å². The third-order valence-electron chi connectivity index (χ3n) is 1.33. The number of esters is 1. The fourth-order valence-corrected chi connectivity index (χ4v) is 0.641. The standard InChI is InChI=1S/C10H17NO5/c1-9(2,3)15-8(14)10(4,5)16-11-6-7(12)13/h6H,1-5H3,(H,12,13)/b11-6+. The van der Waals surface area contributed by atoms with E-state index in [1.165, 1.54) is 13.8 Å². The van der Waals surface area contributed by atoms with Crippen LogP contribution in [0.4, 0.5) is 0 Å². The molecule has 92 valence electrons. The first-order valence-electron chi connectivity index (χ1n) is 4.72. The van der Waals surface area contributed by atoms with Gasteiger partial charge in [-0.15, -0.1) is 0 Å². The average Bonchev–Trinajstić information content (AvgIpc) is 1.99. The Labute approximate surface area is 94.2 Å². The van der Waals surface area contributed by atoms with Crippen LogP contribution in [0.15, 0.2) is 5.16 Å². The summed E-state index contributed by atoms with van der Waals surface area (Å²) < 4.78 is 5.07. The number of hydrogen-bond donors (Lipinski definition) is 1. The van der Waals surface area contributed by atoms with Gasteiger partial charge in [0, 0.05) is 0 Å². The number of hydrogen-bond acceptors (Lipinski definition) is 5. The van der Waals surface area contributed by atoms with Crippen LogP contribution in [0.3, 0.4) is 0 Å². The summed E-state index contributed by atoms with van der Waals surface area (Å²) in [4.78, 5) is 26.5. The van der Waals surface area contributed by atoms with Gasteiger partial charge < -0.3 is 14.7 Å². The van der Waals surface area contributed by atoms with Gasteiger partial charge in [-0.2, -0.15) is 0 Å². The lowest BCUT2D eigenvalue weighted by Gasteiger charge is -2.26. The first kappa shape index (κ1) is 14.4. The van der Waals surface area contributed by atoms with Gasteiger partial charge in [0.2, 0.25) is 5.60 Å². The fraction of sp³-hybridized carbons (Fsp3) is 0.700. The van der Waals surface area contributed by atoms with Crippen molar-refractivity contribution in [1.82, 2.24) is 0 Å². The largest absolute Gasteiger partial charge is 0.477 e. The molecule has 0 rings (SSSR count). The van der Waals surface area contributed by atoms with E-state index in [2.05, 4.69) is 5.16 Å². The second-order valence-corrected chi connectivity index (χ2v) is 4.68. The normalized spacial score (nSPS) is 12.6. The van der Waals surface area contributed by atoms with Crippen molar-refractivity contribution in [2.75, 3.05) is 0 Å². The van der Waals surface area contributed by atoms with Crippen molar-refractivity contribution in [3.63, 3.8) is 0 Å². The van der Waals surface area contributed by atoms with Crippen LogP contribution in [0.2, 0.25) is 0 Å². The van der Waals surface area contributed by atoms with Crippen molar-refractivity contribution in [2.24, 2.45) is 5.16 Å². The smallest absolute Gasteiger partial charge is 0.353 e. The molecule has 0 radical (unpaired) electrons. The number of carboxylic acid groups (broad SMARTS) is 1. The Morgan fingerprint density at radius 1 is 1.19 bits per heavy atom. The second-order valence-electron chi connectivity index (χ2n) is 4.68. The number of carboxylic acids is 1. The van der Waals surface area contributed by atoms with Crippen molar-refractivity contribution in [3.8, 4) is 0 Å². The number of aliphatic carboxylic acids is 1. The SMILES string of the molecule is CC(C)(C)OC(=O)C(C)(C)O/N=C/C(=O)O. The second kappa shape index (κ2) is 4.96. The Morgan fingerprint density at radius 2 is 1.69 bits per heavy atom. The van der Waals surface area contributed by atoms with Crippen LogP contribution in [0.25, 0.3) is 0 Å². The highest BCUT2D eigenvalue weighted by atomic mass is 16.7. The van der Waals surface area contributed by atoms with Gasteiger partial charge in [0.05, 0.1) is 0 Å². The van der Waals surface area contributed by atoms with Gasteiger partial charge in [-0.25, -0.2) is 9.59 Å². The van der Waals surface area contributed by atoms with Crippen molar-refractivity contribution < 1.29 is 24.3 Å². The van der Waals surface area contributed by atoms with Crippen molar-refractivity contribution in [2.45, 2.75) is 45.8 Å². The first-order valence-corrected chi connectivity index (χ1v) is 4.72.